The van der Waals surface area contributed by atoms with Crippen LogP contribution in [0.2, 0.25) is 0 Å². The van der Waals surface area contributed by atoms with Gasteiger partial charge < -0.3 is 9.47 Å². The van der Waals surface area contributed by atoms with Gasteiger partial charge in [0.2, 0.25) is 0 Å². The van der Waals surface area contributed by atoms with Crippen molar-refractivity contribution >= 4 is 0 Å². The molecular formula is C21H44O2. The number of rotatable bonds is 14. The highest BCUT2D eigenvalue weighted by atomic mass is 16.5. The molecule has 0 aliphatic heterocycles. The van der Waals surface area contributed by atoms with E-state index < -0.39 is 0 Å². The highest BCUT2D eigenvalue weighted by Gasteiger charge is 2.09. The molecule has 0 unspecified atom stereocenters. The van der Waals surface area contributed by atoms with Gasteiger partial charge in [-0.25, -0.2) is 0 Å². The predicted octanol–water partition coefficient (Wildman–Crippen LogP) is 6.62. The SMILES string of the molecule is CC(C)(C)CCCCCCCCCOCCOCCC(C)(C)C. The fraction of sp³-hybridized carbons (Fsp3) is 1.00. The Balaban J connectivity index is 3.08. The van der Waals surface area contributed by atoms with Gasteiger partial charge in [-0.1, -0.05) is 80.1 Å². The summed E-state index contributed by atoms with van der Waals surface area (Å²) in [5.41, 5.74) is 0.876. The zero-order valence-corrected chi connectivity index (χ0v) is 17.0. The van der Waals surface area contributed by atoms with Crippen molar-refractivity contribution in [2.45, 2.75) is 99.3 Å². The first-order valence-corrected chi connectivity index (χ1v) is 9.86. The minimum absolute atomic E-state index is 0.369. The van der Waals surface area contributed by atoms with Crippen LogP contribution in [0, 0.1) is 10.8 Å². The maximum atomic E-state index is 5.62. The Labute approximate surface area is 146 Å². The Kier molecular flexibility index (Phi) is 13.2. The summed E-state index contributed by atoms with van der Waals surface area (Å²) >= 11 is 0. The van der Waals surface area contributed by atoms with Crippen LogP contribution in [0.1, 0.15) is 99.3 Å². The molecule has 0 aromatic carbocycles. The fourth-order valence-electron chi connectivity index (χ4n) is 2.44. The number of hydrogen-bond acceptors (Lipinski definition) is 2. The molecule has 0 aliphatic rings. The molecule has 0 aliphatic carbocycles. The normalized spacial score (nSPS) is 12.8. The van der Waals surface area contributed by atoms with E-state index in [-0.39, 0.29) is 0 Å². The van der Waals surface area contributed by atoms with Gasteiger partial charge >= 0.3 is 0 Å². The van der Waals surface area contributed by atoms with Crippen molar-refractivity contribution < 1.29 is 9.47 Å². The van der Waals surface area contributed by atoms with E-state index in [1.54, 1.807) is 0 Å². The van der Waals surface area contributed by atoms with Crippen LogP contribution in [0.4, 0.5) is 0 Å². The number of hydrogen-bond donors (Lipinski definition) is 0. The molecule has 23 heavy (non-hydrogen) atoms. The molecule has 0 heterocycles. The number of unbranched alkanes of at least 4 members (excludes halogenated alkanes) is 6. The monoisotopic (exact) mass is 328 g/mol. The van der Waals surface area contributed by atoms with Gasteiger partial charge in [0.15, 0.2) is 0 Å². The molecule has 0 amide bonds. The minimum atomic E-state index is 0.369. The van der Waals surface area contributed by atoms with E-state index in [2.05, 4.69) is 41.5 Å². The van der Waals surface area contributed by atoms with E-state index in [1.165, 1.54) is 51.4 Å². The maximum absolute atomic E-state index is 5.62. The maximum Gasteiger partial charge on any atom is 0.0700 e. The van der Waals surface area contributed by atoms with Crippen LogP contribution in [0.25, 0.3) is 0 Å². The summed E-state index contributed by atoms with van der Waals surface area (Å²) in [6.07, 6.45) is 11.9. The average Bonchev–Trinajstić information content (AvgIpc) is 2.40. The largest absolute Gasteiger partial charge is 0.379 e. The number of ether oxygens (including phenoxy) is 2. The molecule has 2 nitrogen and oxygen atoms in total. The Morgan fingerprint density at radius 3 is 1.39 bits per heavy atom. The van der Waals surface area contributed by atoms with E-state index in [0.29, 0.717) is 10.8 Å². The van der Waals surface area contributed by atoms with E-state index >= 15 is 0 Å². The minimum Gasteiger partial charge on any atom is -0.379 e. The van der Waals surface area contributed by atoms with Gasteiger partial charge in [0, 0.05) is 13.2 Å². The van der Waals surface area contributed by atoms with Crippen LogP contribution < -0.4 is 0 Å². The van der Waals surface area contributed by atoms with E-state index in [1.807, 2.05) is 0 Å². The zero-order valence-electron chi connectivity index (χ0n) is 17.0. The van der Waals surface area contributed by atoms with Crippen LogP contribution in [0.15, 0.2) is 0 Å². The first-order chi connectivity index (χ1) is 10.7. The van der Waals surface area contributed by atoms with Crippen molar-refractivity contribution in [2.24, 2.45) is 10.8 Å². The summed E-state index contributed by atoms with van der Waals surface area (Å²) < 4.78 is 11.2. The highest BCUT2D eigenvalue weighted by Crippen LogP contribution is 2.22. The van der Waals surface area contributed by atoms with Gasteiger partial charge in [0.05, 0.1) is 13.2 Å². The molecule has 0 saturated carbocycles. The predicted molar refractivity (Wildman–Crippen MR) is 102 cm³/mol. The molecule has 0 fully saturated rings. The van der Waals surface area contributed by atoms with Crippen molar-refractivity contribution in [1.82, 2.24) is 0 Å². The van der Waals surface area contributed by atoms with Crippen molar-refractivity contribution in [3.8, 4) is 0 Å². The molecule has 0 N–H and O–H groups in total. The molecule has 2 heteroatoms. The first kappa shape index (κ1) is 22.9. The molecule has 0 radical (unpaired) electrons. The fourth-order valence-corrected chi connectivity index (χ4v) is 2.44. The third kappa shape index (κ3) is 21.9. The third-order valence-electron chi connectivity index (χ3n) is 4.08. The van der Waals surface area contributed by atoms with Gasteiger partial charge in [0.1, 0.15) is 0 Å². The third-order valence-corrected chi connectivity index (χ3v) is 4.08. The summed E-state index contributed by atoms with van der Waals surface area (Å²) in [4.78, 5) is 0. The molecule has 0 aromatic rings. The first-order valence-electron chi connectivity index (χ1n) is 9.86. The van der Waals surface area contributed by atoms with Gasteiger partial charge in [-0.05, 0) is 30.1 Å². The lowest BCUT2D eigenvalue weighted by Gasteiger charge is -2.17. The molecule has 0 spiro atoms. The van der Waals surface area contributed by atoms with E-state index in [0.717, 1.165) is 32.8 Å². The topological polar surface area (TPSA) is 18.5 Å². The lowest BCUT2D eigenvalue weighted by Crippen LogP contribution is -2.12. The summed E-state index contributed by atoms with van der Waals surface area (Å²) in [5.74, 6) is 0. The summed E-state index contributed by atoms with van der Waals surface area (Å²) in [6.45, 7) is 17.0. The van der Waals surface area contributed by atoms with Gasteiger partial charge in [0.25, 0.3) is 0 Å². The van der Waals surface area contributed by atoms with Gasteiger partial charge in [-0.3, -0.25) is 0 Å². The van der Waals surface area contributed by atoms with Crippen molar-refractivity contribution in [1.29, 1.82) is 0 Å². The Bertz CT molecular complexity index is 222. The molecule has 0 rings (SSSR count). The lowest BCUT2D eigenvalue weighted by atomic mass is 9.89. The second-order valence-electron chi connectivity index (χ2n) is 9.32. The zero-order chi connectivity index (χ0) is 17.6. The molecular weight excluding hydrogens is 284 g/mol. The molecule has 0 aromatic heterocycles. The summed E-state index contributed by atoms with van der Waals surface area (Å²) in [6, 6.07) is 0. The average molecular weight is 329 g/mol. The smallest absolute Gasteiger partial charge is 0.0700 e. The van der Waals surface area contributed by atoms with E-state index in [4.69, 9.17) is 9.47 Å². The Hall–Kier alpha value is -0.0800. The molecule has 0 bridgehead atoms. The van der Waals surface area contributed by atoms with Gasteiger partial charge in [-0.15, -0.1) is 0 Å². The summed E-state index contributed by atoms with van der Waals surface area (Å²) in [7, 11) is 0. The second-order valence-corrected chi connectivity index (χ2v) is 9.32. The molecule has 0 saturated heterocycles. The van der Waals surface area contributed by atoms with Gasteiger partial charge in [-0.2, -0.15) is 0 Å². The van der Waals surface area contributed by atoms with Crippen LogP contribution >= 0.6 is 0 Å². The quantitative estimate of drug-likeness (QED) is 0.333. The van der Waals surface area contributed by atoms with Crippen LogP contribution in [0.5, 0.6) is 0 Å². The Morgan fingerprint density at radius 2 is 0.870 bits per heavy atom. The van der Waals surface area contributed by atoms with Crippen LogP contribution in [0.3, 0.4) is 0 Å². The van der Waals surface area contributed by atoms with Crippen molar-refractivity contribution in [3.63, 3.8) is 0 Å². The van der Waals surface area contributed by atoms with E-state index in [9.17, 15) is 0 Å². The molecule has 140 valence electrons. The standard InChI is InChI=1S/C21H44O2/c1-20(2,3)14-12-10-8-7-9-11-13-16-22-18-19-23-17-15-21(4,5)6/h7-19H2,1-6H3. The second kappa shape index (κ2) is 13.2. The summed E-state index contributed by atoms with van der Waals surface area (Å²) in [5, 5.41) is 0. The van der Waals surface area contributed by atoms with Crippen molar-refractivity contribution in [2.75, 3.05) is 26.4 Å². The van der Waals surface area contributed by atoms with Crippen LogP contribution in [-0.2, 0) is 9.47 Å². The highest BCUT2D eigenvalue weighted by molar-refractivity contribution is 4.61. The lowest BCUT2D eigenvalue weighted by molar-refractivity contribution is 0.0375. The molecule has 0 atom stereocenters. The van der Waals surface area contributed by atoms with Crippen molar-refractivity contribution in [3.05, 3.63) is 0 Å². The van der Waals surface area contributed by atoms with Crippen LogP contribution in [-0.4, -0.2) is 26.4 Å². The Morgan fingerprint density at radius 1 is 0.435 bits per heavy atom.